The Labute approximate surface area is 119 Å². The standard InChI is InChI=1S/C14H27F3N2O/c1-2-19(9-10-20-12-14(15,16)17)13(11-18)7-5-3-4-6-8-13/h2-12,18H2,1H3. The number of likely N-dealkylation sites (N-methyl/N-ethyl adjacent to an activating group) is 1. The Bertz CT molecular complexity index is 264. The van der Waals surface area contributed by atoms with Crippen LogP contribution >= 0.6 is 0 Å². The minimum atomic E-state index is -4.25. The number of halogens is 3. The largest absolute Gasteiger partial charge is 0.411 e. The van der Waals surface area contributed by atoms with Gasteiger partial charge in [0.1, 0.15) is 6.61 Å². The number of nitrogens with zero attached hydrogens (tertiary/aromatic N) is 1. The highest BCUT2D eigenvalue weighted by molar-refractivity contribution is 4.92. The number of nitrogens with two attached hydrogens (primary N) is 1. The highest BCUT2D eigenvalue weighted by atomic mass is 19.4. The molecule has 20 heavy (non-hydrogen) atoms. The zero-order valence-electron chi connectivity index (χ0n) is 12.3. The zero-order valence-corrected chi connectivity index (χ0v) is 12.3. The molecule has 1 saturated carbocycles. The van der Waals surface area contributed by atoms with E-state index < -0.39 is 12.8 Å². The molecule has 0 aromatic heterocycles. The molecule has 0 bridgehead atoms. The average molecular weight is 296 g/mol. The van der Waals surface area contributed by atoms with Crippen molar-refractivity contribution in [3.63, 3.8) is 0 Å². The Hall–Kier alpha value is -0.330. The average Bonchev–Trinajstić information content (AvgIpc) is 2.64. The highest BCUT2D eigenvalue weighted by Gasteiger charge is 2.35. The van der Waals surface area contributed by atoms with Gasteiger partial charge in [0.25, 0.3) is 0 Å². The molecule has 120 valence electrons. The molecule has 6 heteroatoms. The van der Waals surface area contributed by atoms with Gasteiger partial charge < -0.3 is 10.5 Å². The summed E-state index contributed by atoms with van der Waals surface area (Å²) in [4.78, 5) is 2.22. The van der Waals surface area contributed by atoms with Gasteiger partial charge in [0.05, 0.1) is 6.61 Å². The second-order valence-corrected chi connectivity index (χ2v) is 5.59. The predicted octanol–water partition coefficient (Wildman–Crippen LogP) is 2.94. The van der Waals surface area contributed by atoms with Gasteiger partial charge in [-0.15, -0.1) is 0 Å². The van der Waals surface area contributed by atoms with Crippen molar-refractivity contribution in [1.82, 2.24) is 4.90 Å². The van der Waals surface area contributed by atoms with Crippen LogP contribution in [0.15, 0.2) is 0 Å². The molecule has 1 fully saturated rings. The van der Waals surface area contributed by atoms with Gasteiger partial charge >= 0.3 is 6.18 Å². The van der Waals surface area contributed by atoms with E-state index in [2.05, 4.69) is 4.90 Å². The molecule has 0 aliphatic heterocycles. The number of hydrogen-bond acceptors (Lipinski definition) is 3. The van der Waals surface area contributed by atoms with Crippen LogP contribution < -0.4 is 5.73 Å². The molecule has 2 N–H and O–H groups in total. The fourth-order valence-electron chi connectivity index (χ4n) is 3.13. The van der Waals surface area contributed by atoms with Gasteiger partial charge in [-0.2, -0.15) is 13.2 Å². The first-order chi connectivity index (χ1) is 9.43. The summed E-state index contributed by atoms with van der Waals surface area (Å²) in [7, 11) is 0. The van der Waals surface area contributed by atoms with Crippen molar-refractivity contribution < 1.29 is 17.9 Å². The molecule has 0 unspecified atom stereocenters. The van der Waals surface area contributed by atoms with E-state index >= 15 is 0 Å². The van der Waals surface area contributed by atoms with E-state index in [1.54, 1.807) is 0 Å². The van der Waals surface area contributed by atoms with Crippen molar-refractivity contribution in [1.29, 1.82) is 0 Å². The van der Waals surface area contributed by atoms with Crippen LogP contribution in [0.1, 0.15) is 45.4 Å². The van der Waals surface area contributed by atoms with Crippen LogP contribution in [0, 0.1) is 0 Å². The fraction of sp³-hybridized carbons (Fsp3) is 1.00. The van der Waals surface area contributed by atoms with Crippen LogP contribution in [0.3, 0.4) is 0 Å². The molecule has 0 spiro atoms. The maximum atomic E-state index is 12.1. The molecule has 0 aromatic rings. The lowest BCUT2D eigenvalue weighted by Gasteiger charge is -2.43. The van der Waals surface area contributed by atoms with Gasteiger partial charge in [0.2, 0.25) is 0 Å². The molecule has 0 atom stereocenters. The molecule has 0 heterocycles. The Morgan fingerprint density at radius 3 is 2.20 bits per heavy atom. The molecule has 0 aromatic carbocycles. The quantitative estimate of drug-likeness (QED) is 0.580. The van der Waals surface area contributed by atoms with Gasteiger partial charge in [0.15, 0.2) is 0 Å². The summed E-state index contributed by atoms with van der Waals surface area (Å²) in [6.07, 6.45) is 2.58. The molecule has 0 radical (unpaired) electrons. The van der Waals surface area contributed by atoms with E-state index in [0.717, 1.165) is 32.2 Å². The zero-order chi connectivity index (χ0) is 15.1. The van der Waals surface area contributed by atoms with Crippen molar-refractivity contribution in [3.05, 3.63) is 0 Å². The Balaban J connectivity index is 2.49. The Morgan fingerprint density at radius 1 is 1.15 bits per heavy atom. The van der Waals surface area contributed by atoms with Crippen LogP contribution in [-0.2, 0) is 4.74 Å². The van der Waals surface area contributed by atoms with Crippen molar-refractivity contribution in [2.45, 2.75) is 57.2 Å². The van der Waals surface area contributed by atoms with E-state index in [1.165, 1.54) is 12.8 Å². The van der Waals surface area contributed by atoms with Gasteiger partial charge in [-0.25, -0.2) is 0 Å². The van der Waals surface area contributed by atoms with Gasteiger partial charge in [-0.1, -0.05) is 32.6 Å². The minimum Gasteiger partial charge on any atom is -0.371 e. The lowest BCUT2D eigenvalue weighted by atomic mass is 9.88. The van der Waals surface area contributed by atoms with Crippen molar-refractivity contribution in [2.24, 2.45) is 5.73 Å². The first-order valence-electron chi connectivity index (χ1n) is 7.53. The lowest BCUT2D eigenvalue weighted by Crippen LogP contribution is -2.54. The molecule has 1 aliphatic carbocycles. The number of rotatable bonds is 7. The molecule has 3 nitrogen and oxygen atoms in total. The maximum absolute atomic E-state index is 12.1. The molecular formula is C14H27F3N2O. The van der Waals surface area contributed by atoms with E-state index in [9.17, 15) is 13.2 Å². The Morgan fingerprint density at radius 2 is 1.75 bits per heavy atom. The monoisotopic (exact) mass is 296 g/mol. The number of hydrogen-bond donors (Lipinski definition) is 1. The summed E-state index contributed by atoms with van der Waals surface area (Å²) < 4.78 is 40.9. The van der Waals surface area contributed by atoms with Crippen molar-refractivity contribution in [2.75, 3.05) is 32.8 Å². The van der Waals surface area contributed by atoms with E-state index in [4.69, 9.17) is 10.5 Å². The third-order valence-corrected chi connectivity index (χ3v) is 4.24. The van der Waals surface area contributed by atoms with Crippen LogP contribution in [0.2, 0.25) is 0 Å². The lowest BCUT2D eigenvalue weighted by molar-refractivity contribution is -0.175. The first-order valence-corrected chi connectivity index (χ1v) is 7.53. The molecule has 0 amide bonds. The predicted molar refractivity (Wildman–Crippen MR) is 73.6 cm³/mol. The summed E-state index contributed by atoms with van der Waals surface area (Å²) in [6.45, 7) is 2.86. The van der Waals surface area contributed by atoms with Crippen LogP contribution in [0.25, 0.3) is 0 Å². The SMILES string of the molecule is CCN(CCOCC(F)(F)F)C1(CN)CCCCCC1. The van der Waals surface area contributed by atoms with Crippen LogP contribution in [-0.4, -0.2) is 49.5 Å². The van der Waals surface area contributed by atoms with Gasteiger partial charge in [-0.05, 0) is 19.4 Å². The second kappa shape index (κ2) is 8.20. The summed E-state index contributed by atoms with van der Waals surface area (Å²) in [5, 5.41) is 0. The maximum Gasteiger partial charge on any atom is 0.411 e. The Kier molecular flexibility index (Phi) is 7.26. The summed E-state index contributed by atoms with van der Waals surface area (Å²) in [6, 6.07) is 0. The van der Waals surface area contributed by atoms with Crippen LogP contribution in [0.5, 0.6) is 0 Å². The first kappa shape index (κ1) is 17.7. The smallest absolute Gasteiger partial charge is 0.371 e. The summed E-state index contributed by atoms with van der Waals surface area (Å²) >= 11 is 0. The normalized spacial score (nSPS) is 20.1. The highest BCUT2D eigenvalue weighted by Crippen LogP contribution is 2.31. The number of ether oxygens (including phenoxy) is 1. The fourth-order valence-corrected chi connectivity index (χ4v) is 3.13. The van der Waals surface area contributed by atoms with Crippen molar-refractivity contribution in [3.8, 4) is 0 Å². The van der Waals surface area contributed by atoms with E-state index in [-0.39, 0.29) is 12.1 Å². The van der Waals surface area contributed by atoms with Gasteiger partial charge in [0, 0.05) is 18.6 Å². The van der Waals surface area contributed by atoms with Crippen LogP contribution in [0.4, 0.5) is 13.2 Å². The molecular weight excluding hydrogens is 269 g/mol. The third kappa shape index (κ3) is 5.58. The number of alkyl halides is 3. The third-order valence-electron chi connectivity index (χ3n) is 4.24. The van der Waals surface area contributed by atoms with Crippen molar-refractivity contribution >= 4 is 0 Å². The summed E-state index contributed by atoms with van der Waals surface area (Å²) in [5.41, 5.74) is 5.95. The van der Waals surface area contributed by atoms with Gasteiger partial charge in [-0.3, -0.25) is 4.90 Å². The topological polar surface area (TPSA) is 38.5 Å². The minimum absolute atomic E-state index is 0.0488. The summed E-state index contributed by atoms with van der Waals surface area (Å²) in [5.74, 6) is 0. The van der Waals surface area contributed by atoms with E-state index in [1.807, 2.05) is 6.92 Å². The van der Waals surface area contributed by atoms with E-state index in [0.29, 0.717) is 13.1 Å². The molecule has 1 rings (SSSR count). The second-order valence-electron chi connectivity index (χ2n) is 5.59. The molecule has 1 aliphatic rings. The molecule has 0 saturated heterocycles.